The number of hydrogen-bond acceptors (Lipinski definition) is 10. The lowest BCUT2D eigenvalue weighted by molar-refractivity contribution is -0.145. The van der Waals surface area contributed by atoms with Gasteiger partial charge in [-0.1, -0.05) is 26.8 Å². The highest BCUT2D eigenvalue weighted by Gasteiger charge is 2.62. The number of sulfonamides is 1. The first-order valence-corrected chi connectivity index (χ1v) is 17.4. The van der Waals surface area contributed by atoms with Gasteiger partial charge in [-0.05, 0) is 54.3 Å². The Morgan fingerprint density at radius 3 is 2.50 bits per heavy atom. The molecule has 0 radical (unpaired) electrons. The first kappa shape index (κ1) is 35.1. The molecule has 3 N–H and O–H groups in total. The number of methoxy groups -OCH3 is 2. The highest BCUT2D eigenvalue weighted by Crippen LogP contribution is 2.45. The Hall–Kier alpha value is -4.24. The minimum absolute atomic E-state index is 0.0297. The number of nitrogens with zero attached hydrogens (tertiary/aromatic N) is 2. The van der Waals surface area contributed by atoms with Gasteiger partial charge >= 0.3 is 0 Å². The van der Waals surface area contributed by atoms with E-state index < -0.39 is 74.0 Å². The number of likely N-dealkylation sites (tertiary alicyclic amines) is 1. The van der Waals surface area contributed by atoms with Gasteiger partial charge in [0.25, 0.3) is 5.91 Å². The van der Waals surface area contributed by atoms with Crippen molar-refractivity contribution in [2.75, 3.05) is 27.4 Å². The van der Waals surface area contributed by atoms with E-state index in [0.29, 0.717) is 29.9 Å². The molecule has 3 fully saturated rings. The van der Waals surface area contributed by atoms with Gasteiger partial charge in [-0.3, -0.25) is 23.9 Å². The molecule has 5 atom stereocenters. The lowest BCUT2D eigenvalue weighted by Crippen LogP contribution is -2.60. The number of pyridine rings is 1. The topological polar surface area (TPSA) is 182 Å². The number of nitrogens with one attached hydrogen (secondary N) is 3. The van der Waals surface area contributed by atoms with Gasteiger partial charge in [0, 0.05) is 31.0 Å². The highest BCUT2D eigenvalue weighted by molar-refractivity contribution is 7.91. The van der Waals surface area contributed by atoms with Crippen molar-refractivity contribution < 1.29 is 41.8 Å². The third-order valence-electron chi connectivity index (χ3n) is 9.00. The zero-order valence-electron chi connectivity index (χ0n) is 27.8. The van der Waals surface area contributed by atoms with Gasteiger partial charge in [0.2, 0.25) is 33.6 Å². The van der Waals surface area contributed by atoms with Crippen LogP contribution in [0.1, 0.15) is 46.5 Å². The van der Waals surface area contributed by atoms with Crippen LogP contribution in [-0.2, 0) is 33.9 Å². The fraction of sp³-hybridized carbons (Fsp3) is 0.545. The van der Waals surface area contributed by atoms with E-state index >= 15 is 0 Å². The minimum Gasteiger partial charge on any atom is -0.497 e. The van der Waals surface area contributed by atoms with Crippen LogP contribution in [0.25, 0.3) is 10.8 Å². The van der Waals surface area contributed by atoms with Crippen LogP contribution in [0.15, 0.2) is 43.1 Å². The number of benzene rings is 1. The Morgan fingerprint density at radius 2 is 1.90 bits per heavy atom. The number of aromatic nitrogens is 1. The van der Waals surface area contributed by atoms with E-state index in [2.05, 4.69) is 26.9 Å². The van der Waals surface area contributed by atoms with Gasteiger partial charge in [-0.2, -0.15) is 0 Å². The van der Waals surface area contributed by atoms with E-state index in [1.165, 1.54) is 18.1 Å². The quantitative estimate of drug-likeness (QED) is 0.261. The summed E-state index contributed by atoms with van der Waals surface area (Å²) in [4.78, 5) is 60.1. The molecule has 48 heavy (non-hydrogen) atoms. The number of carbonyl (C=O) groups excluding carboxylic acids is 4. The van der Waals surface area contributed by atoms with Crippen molar-refractivity contribution in [1.29, 1.82) is 0 Å². The maximum atomic E-state index is 14.3. The summed E-state index contributed by atoms with van der Waals surface area (Å²) in [5.41, 5.74) is -2.31. The highest BCUT2D eigenvalue weighted by atomic mass is 32.2. The smallest absolute Gasteiger partial charge is 0.259 e. The average Bonchev–Trinajstić information content (AvgIpc) is 3.96. The number of ether oxygens (including phenoxy) is 3. The third kappa shape index (κ3) is 7.26. The number of carbonyl (C=O) groups is 4. The van der Waals surface area contributed by atoms with Crippen molar-refractivity contribution in [2.45, 2.75) is 75.4 Å². The van der Waals surface area contributed by atoms with E-state index in [-0.39, 0.29) is 26.0 Å². The predicted molar refractivity (Wildman–Crippen MR) is 175 cm³/mol. The summed E-state index contributed by atoms with van der Waals surface area (Å²) in [7, 11) is -0.954. The van der Waals surface area contributed by atoms with Crippen molar-refractivity contribution in [1.82, 2.24) is 25.2 Å². The molecule has 14 nitrogen and oxygen atoms in total. The minimum atomic E-state index is -3.88. The summed E-state index contributed by atoms with van der Waals surface area (Å²) in [6.07, 6.45) is 3.48. The van der Waals surface area contributed by atoms with Crippen LogP contribution >= 0.6 is 0 Å². The predicted octanol–water partition coefficient (Wildman–Crippen LogP) is 1.44. The van der Waals surface area contributed by atoms with Crippen LogP contribution in [0.4, 0.5) is 0 Å². The van der Waals surface area contributed by atoms with Crippen molar-refractivity contribution in [3.63, 3.8) is 0 Å². The molecule has 15 heteroatoms. The van der Waals surface area contributed by atoms with Gasteiger partial charge in [-0.15, -0.1) is 6.58 Å². The summed E-state index contributed by atoms with van der Waals surface area (Å²) in [5.74, 6) is -2.10. The van der Waals surface area contributed by atoms with E-state index in [1.807, 2.05) is 12.1 Å². The molecule has 2 aliphatic carbocycles. The summed E-state index contributed by atoms with van der Waals surface area (Å²) in [6, 6.07) is 5.05. The number of amides is 4. The molecule has 1 unspecified atom stereocenters. The Bertz CT molecular complexity index is 1720. The maximum absolute atomic E-state index is 14.3. The van der Waals surface area contributed by atoms with Crippen LogP contribution < -0.4 is 24.8 Å². The van der Waals surface area contributed by atoms with Crippen LogP contribution in [0.2, 0.25) is 0 Å². The van der Waals surface area contributed by atoms with Gasteiger partial charge in [0.1, 0.15) is 36.1 Å². The first-order chi connectivity index (χ1) is 22.6. The van der Waals surface area contributed by atoms with Crippen molar-refractivity contribution in [2.24, 2.45) is 11.3 Å². The molecule has 5 rings (SSSR count). The van der Waals surface area contributed by atoms with E-state index in [1.54, 1.807) is 46.2 Å². The summed E-state index contributed by atoms with van der Waals surface area (Å²) < 4.78 is 44.0. The molecule has 0 spiro atoms. The van der Waals surface area contributed by atoms with Gasteiger partial charge < -0.3 is 29.7 Å². The zero-order valence-corrected chi connectivity index (χ0v) is 28.6. The molecule has 1 saturated heterocycles. The van der Waals surface area contributed by atoms with E-state index in [9.17, 15) is 27.6 Å². The second-order valence-electron chi connectivity index (χ2n) is 13.7. The number of hydrogen-bond donors (Lipinski definition) is 3. The molecule has 2 aromatic rings. The van der Waals surface area contributed by atoms with Crippen molar-refractivity contribution in [3.8, 4) is 11.6 Å². The van der Waals surface area contributed by atoms with Crippen LogP contribution in [0.5, 0.6) is 11.6 Å². The first-order valence-electron chi connectivity index (χ1n) is 15.8. The molecule has 1 aromatic carbocycles. The Labute approximate surface area is 280 Å². The molecule has 1 aliphatic heterocycles. The second kappa shape index (κ2) is 13.3. The SMILES string of the molecule is C=C[C@@H]1C[C@]1(NC(=O)[C@@H]1CC(Oc2nccc3cc(OC)ccc23)CN1C(=O)[C@@H](NC(=O)COC)C(C)(C)C)C(=O)NS(=O)(=O)C1CC1. The van der Waals surface area contributed by atoms with Crippen LogP contribution in [0, 0.1) is 11.3 Å². The summed E-state index contributed by atoms with van der Waals surface area (Å²) >= 11 is 0. The van der Waals surface area contributed by atoms with Gasteiger partial charge in [0.05, 0.1) is 18.9 Å². The molecule has 2 saturated carbocycles. The van der Waals surface area contributed by atoms with E-state index in [0.717, 1.165) is 5.39 Å². The fourth-order valence-electron chi connectivity index (χ4n) is 6.05. The lowest BCUT2D eigenvalue weighted by atomic mass is 9.85. The normalized spacial score (nSPS) is 24.4. The molecular formula is C33H43N5O9S. The standard InChI is InChI=1S/C33H43N5O9S/c1-7-20-16-33(20,31(42)37-48(43,44)23-9-10-23)36-28(40)25-15-22(47-29-24-11-8-21(46-6)14-19(24)12-13-34-29)17-38(25)30(41)27(32(2,3)4)35-26(39)18-45-5/h7-8,11-14,20,22-23,25,27H,1,9-10,15-18H2,2-6H3,(H,35,39)(H,36,40)(H,37,42)/t20-,22?,25+,27-,33-/m1/s1. The monoisotopic (exact) mass is 685 g/mol. The molecule has 2 heterocycles. The lowest BCUT2D eigenvalue weighted by Gasteiger charge is -2.35. The number of fused-ring (bicyclic) bond motifs is 1. The molecule has 3 aliphatic rings. The Balaban J connectivity index is 1.44. The number of rotatable bonds is 13. The van der Waals surface area contributed by atoms with Gasteiger partial charge in [0.15, 0.2) is 0 Å². The van der Waals surface area contributed by atoms with Crippen LogP contribution in [0.3, 0.4) is 0 Å². The van der Waals surface area contributed by atoms with E-state index in [4.69, 9.17) is 14.2 Å². The molecular weight excluding hydrogens is 642 g/mol. The fourth-order valence-corrected chi connectivity index (χ4v) is 7.41. The van der Waals surface area contributed by atoms with Crippen molar-refractivity contribution in [3.05, 3.63) is 43.1 Å². The summed E-state index contributed by atoms with van der Waals surface area (Å²) in [6.45, 7) is 8.81. The van der Waals surface area contributed by atoms with Crippen molar-refractivity contribution >= 4 is 44.4 Å². The molecule has 4 amide bonds. The second-order valence-corrected chi connectivity index (χ2v) is 15.6. The zero-order chi connectivity index (χ0) is 35.0. The average molecular weight is 686 g/mol. The molecule has 0 bridgehead atoms. The summed E-state index contributed by atoms with van der Waals surface area (Å²) in [5, 5.41) is 6.38. The third-order valence-corrected chi connectivity index (χ3v) is 10.8. The largest absolute Gasteiger partial charge is 0.497 e. The Morgan fingerprint density at radius 1 is 1.17 bits per heavy atom. The molecule has 260 valence electrons. The maximum Gasteiger partial charge on any atom is 0.259 e. The Kier molecular flexibility index (Phi) is 9.75. The molecule has 1 aromatic heterocycles. The van der Waals surface area contributed by atoms with Gasteiger partial charge in [-0.25, -0.2) is 13.4 Å². The van der Waals surface area contributed by atoms with Crippen LogP contribution in [-0.4, -0.2) is 98.3 Å².